The average Bonchev–Trinajstić information content (AvgIpc) is 2.33. The number of anilines is 2. The van der Waals surface area contributed by atoms with Crippen LogP contribution in [0.4, 0.5) is 15.8 Å². The predicted molar refractivity (Wildman–Crippen MR) is 70.2 cm³/mol. The molecule has 0 saturated heterocycles. The molecule has 1 N–H and O–H groups in total. The molecule has 17 heavy (non-hydrogen) atoms. The summed E-state index contributed by atoms with van der Waals surface area (Å²) < 4.78 is 12.7. The van der Waals surface area contributed by atoms with Crippen LogP contribution in [0.3, 0.4) is 0 Å². The van der Waals surface area contributed by atoms with Crippen LogP contribution in [0, 0.1) is 5.82 Å². The molecule has 0 aromatic heterocycles. The molecule has 0 aliphatic carbocycles. The molecule has 2 aromatic carbocycles. The van der Waals surface area contributed by atoms with Crippen LogP contribution in [0.15, 0.2) is 48.5 Å². The molecular weight excluding hydrogens is 213 g/mol. The van der Waals surface area contributed by atoms with E-state index in [2.05, 4.69) is 31.3 Å². The van der Waals surface area contributed by atoms with E-state index >= 15 is 0 Å². The van der Waals surface area contributed by atoms with Crippen molar-refractivity contribution in [1.82, 2.24) is 0 Å². The number of halogens is 1. The molecular formula is C15H16FN. The van der Waals surface area contributed by atoms with Crippen LogP contribution in [0.25, 0.3) is 0 Å². The van der Waals surface area contributed by atoms with Crippen molar-refractivity contribution in [2.45, 2.75) is 19.8 Å². The highest BCUT2D eigenvalue weighted by Crippen LogP contribution is 2.20. The summed E-state index contributed by atoms with van der Waals surface area (Å²) in [5.74, 6) is 0.320. The Morgan fingerprint density at radius 1 is 0.824 bits per heavy atom. The van der Waals surface area contributed by atoms with Crippen molar-refractivity contribution in [3.05, 3.63) is 59.9 Å². The molecule has 2 aromatic rings. The van der Waals surface area contributed by atoms with Crippen LogP contribution in [0.5, 0.6) is 0 Å². The highest BCUT2D eigenvalue weighted by atomic mass is 19.1. The van der Waals surface area contributed by atoms with Gasteiger partial charge in [-0.3, -0.25) is 0 Å². The lowest BCUT2D eigenvalue weighted by atomic mass is 10.0. The van der Waals surface area contributed by atoms with Gasteiger partial charge in [-0.25, -0.2) is 4.39 Å². The summed E-state index contributed by atoms with van der Waals surface area (Å²) >= 11 is 0. The predicted octanol–water partition coefficient (Wildman–Crippen LogP) is 4.69. The van der Waals surface area contributed by atoms with Gasteiger partial charge in [-0.1, -0.05) is 26.0 Å². The van der Waals surface area contributed by atoms with Gasteiger partial charge in [-0.2, -0.15) is 0 Å². The molecule has 0 heterocycles. The number of benzene rings is 2. The van der Waals surface area contributed by atoms with E-state index < -0.39 is 0 Å². The average molecular weight is 229 g/mol. The van der Waals surface area contributed by atoms with Crippen LogP contribution in [0.2, 0.25) is 0 Å². The normalized spacial score (nSPS) is 10.6. The summed E-state index contributed by atoms with van der Waals surface area (Å²) in [4.78, 5) is 0. The Hall–Kier alpha value is -1.83. The van der Waals surface area contributed by atoms with Gasteiger partial charge < -0.3 is 5.32 Å². The minimum atomic E-state index is -0.217. The summed E-state index contributed by atoms with van der Waals surface area (Å²) in [6.45, 7) is 4.34. The van der Waals surface area contributed by atoms with Crippen LogP contribution < -0.4 is 5.32 Å². The fourth-order valence-corrected chi connectivity index (χ4v) is 1.65. The lowest BCUT2D eigenvalue weighted by molar-refractivity contribution is 0.628. The first-order chi connectivity index (χ1) is 8.15. The van der Waals surface area contributed by atoms with Crippen molar-refractivity contribution >= 4 is 11.4 Å². The van der Waals surface area contributed by atoms with Crippen molar-refractivity contribution in [3.63, 3.8) is 0 Å². The zero-order chi connectivity index (χ0) is 12.3. The maximum absolute atomic E-state index is 12.7. The number of rotatable bonds is 3. The molecule has 2 rings (SSSR count). The zero-order valence-electron chi connectivity index (χ0n) is 10.1. The molecule has 0 bridgehead atoms. The Kier molecular flexibility index (Phi) is 3.43. The van der Waals surface area contributed by atoms with E-state index in [0.29, 0.717) is 5.92 Å². The maximum Gasteiger partial charge on any atom is 0.123 e. The third kappa shape index (κ3) is 3.06. The van der Waals surface area contributed by atoms with Crippen molar-refractivity contribution in [1.29, 1.82) is 0 Å². The van der Waals surface area contributed by atoms with Crippen molar-refractivity contribution < 1.29 is 4.39 Å². The van der Waals surface area contributed by atoms with Crippen molar-refractivity contribution in [2.75, 3.05) is 5.32 Å². The SMILES string of the molecule is CC(C)c1ccc(Nc2ccc(F)cc2)cc1. The van der Waals surface area contributed by atoms with Crippen molar-refractivity contribution in [2.24, 2.45) is 0 Å². The molecule has 0 aliphatic rings. The summed E-state index contributed by atoms with van der Waals surface area (Å²) in [6, 6.07) is 14.7. The van der Waals surface area contributed by atoms with Gasteiger partial charge in [-0.05, 0) is 47.9 Å². The van der Waals surface area contributed by atoms with Gasteiger partial charge >= 0.3 is 0 Å². The Bertz CT molecular complexity index is 471. The summed E-state index contributed by atoms with van der Waals surface area (Å²) in [5, 5.41) is 3.23. The van der Waals surface area contributed by atoms with E-state index in [1.165, 1.54) is 17.7 Å². The highest BCUT2D eigenvalue weighted by molar-refractivity contribution is 5.59. The fourth-order valence-electron chi connectivity index (χ4n) is 1.65. The lowest BCUT2D eigenvalue weighted by Gasteiger charge is -2.09. The molecule has 88 valence electrons. The smallest absolute Gasteiger partial charge is 0.123 e. The molecule has 0 aliphatic heterocycles. The van der Waals surface area contributed by atoms with E-state index in [1.807, 2.05) is 12.1 Å². The van der Waals surface area contributed by atoms with Crippen LogP contribution in [0.1, 0.15) is 25.3 Å². The third-order valence-corrected chi connectivity index (χ3v) is 2.71. The Labute approximate surface area is 101 Å². The second kappa shape index (κ2) is 5.00. The maximum atomic E-state index is 12.7. The lowest BCUT2D eigenvalue weighted by Crippen LogP contribution is -1.92. The quantitative estimate of drug-likeness (QED) is 0.804. The molecule has 0 saturated carbocycles. The zero-order valence-corrected chi connectivity index (χ0v) is 10.1. The van der Waals surface area contributed by atoms with Gasteiger partial charge in [0.05, 0.1) is 0 Å². The van der Waals surface area contributed by atoms with Crippen LogP contribution >= 0.6 is 0 Å². The second-order valence-corrected chi connectivity index (χ2v) is 4.41. The molecule has 0 amide bonds. The van der Waals surface area contributed by atoms with Gasteiger partial charge in [0, 0.05) is 11.4 Å². The first-order valence-corrected chi connectivity index (χ1v) is 5.78. The number of hydrogen-bond donors (Lipinski definition) is 1. The Morgan fingerprint density at radius 2 is 1.29 bits per heavy atom. The summed E-state index contributed by atoms with van der Waals surface area (Å²) in [7, 11) is 0. The minimum Gasteiger partial charge on any atom is -0.356 e. The van der Waals surface area contributed by atoms with Crippen molar-refractivity contribution in [3.8, 4) is 0 Å². The largest absolute Gasteiger partial charge is 0.356 e. The standard InChI is InChI=1S/C15H16FN/c1-11(2)12-3-7-14(8-4-12)17-15-9-5-13(16)6-10-15/h3-11,17H,1-2H3. The van der Waals surface area contributed by atoms with E-state index in [9.17, 15) is 4.39 Å². The fraction of sp³-hybridized carbons (Fsp3) is 0.200. The molecule has 0 atom stereocenters. The van der Waals surface area contributed by atoms with E-state index in [-0.39, 0.29) is 5.82 Å². The monoisotopic (exact) mass is 229 g/mol. The van der Waals surface area contributed by atoms with E-state index in [4.69, 9.17) is 0 Å². The molecule has 2 heteroatoms. The third-order valence-electron chi connectivity index (χ3n) is 2.71. The first kappa shape index (κ1) is 11.6. The van der Waals surface area contributed by atoms with Gasteiger partial charge in [0.15, 0.2) is 0 Å². The van der Waals surface area contributed by atoms with Gasteiger partial charge in [-0.15, -0.1) is 0 Å². The molecule has 0 unspecified atom stereocenters. The van der Waals surface area contributed by atoms with Crippen LogP contribution in [-0.2, 0) is 0 Å². The minimum absolute atomic E-state index is 0.217. The first-order valence-electron chi connectivity index (χ1n) is 5.78. The Morgan fingerprint density at radius 3 is 1.76 bits per heavy atom. The number of nitrogens with one attached hydrogen (secondary N) is 1. The van der Waals surface area contributed by atoms with E-state index in [1.54, 1.807) is 12.1 Å². The summed E-state index contributed by atoms with van der Waals surface area (Å²) in [6.07, 6.45) is 0. The van der Waals surface area contributed by atoms with Crippen LogP contribution in [-0.4, -0.2) is 0 Å². The topological polar surface area (TPSA) is 12.0 Å². The van der Waals surface area contributed by atoms with Gasteiger partial charge in [0.2, 0.25) is 0 Å². The molecule has 1 nitrogen and oxygen atoms in total. The Balaban J connectivity index is 2.11. The van der Waals surface area contributed by atoms with Gasteiger partial charge in [0.25, 0.3) is 0 Å². The number of hydrogen-bond acceptors (Lipinski definition) is 1. The van der Waals surface area contributed by atoms with E-state index in [0.717, 1.165) is 11.4 Å². The van der Waals surface area contributed by atoms with Gasteiger partial charge in [0.1, 0.15) is 5.82 Å². The molecule has 0 fully saturated rings. The second-order valence-electron chi connectivity index (χ2n) is 4.41. The summed E-state index contributed by atoms with van der Waals surface area (Å²) in [5.41, 5.74) is 3.22. The molecule has 0 radical (unpaired) electrons. The molecule has 0 spiro atoms. The highest BCUT2D eigenvalue weighted by Gasteiger charge is 1.99.